The van der Waals surface area contributed by atoms with Crippen molar-refractivity contribution in [2.75, 3.05) is 21.3 Å². The largest absolute Gasteiger partial charge is 0.497 e. The summed E-state index contributed by atoms with van der Waals surface area (Å²) >= 11 is 13.2. The summed E-state index contributed by atoms with van der Waals surface area (Å²) < 4.78 is 17.4. The fourth-order valence-electron chi connectivity index (χ4n) is 3.29. The standard InChI is InChI=1S/C22H17Cl2N3O5S/c1-30-14-6-12(19(32-3)17(10-14)31-2)8-18-21(29)27-20(28)16(25-26-22(27)33-18)7-11-4-5-13(23)9-15(11)24/h4-6,8-10H,7H2,1-3H3/b18-8-. The van der Waals surface area contributed by atoms with E-state index in [9.17, 15) is 9.59 Å². The first kappa shape index (κ1) is 23.0. The van der Waals surface area contributed by atoms with Crippen molar-refractivity contribution in [1.29, 1.82) is 0 Å². The molecule has 0 bridgehead atoms. The summed E-state index contributed by atoms with van der Waals surface area (Å²) in [6, 6.07) is 8.32. The zero-order valence-electron chi connectivity index (χ0n) is 17.7. The molecule has 0 N–H and O–H groups in total. The lowest BCUT2D eigenvalue weighted by Crippen LogP contribution is -2.33. The predicted molar refractivity (Wildman–Crippen MR) is 128 cm³/mol. The van der Waals surface area contributed by atoms with Crippen LogP contribution in [0.2, 0.25) is 10.0 Å². The topological polar surface area (TPSA) is 92.0 Å². The van der Waals surface area contributed by atoms with Crippen molar-refractivity contribution in [1.82, 2.24) is 14.6 Å². The number of aromatic nitrogens is 3. The first-order chi connectivity index (χ1) is 15.9. The van der Waals surface area contributed by atoms with Gasteiger partial charge in [-0.15, -0.1) is 10.2 Å². The molecule has 2 aromatic heterocycles. The van der Waals surface area contributed by atoms with E-state index in [1.807, 2.05) is 0 Å². The molecule has 0 saturated heterocycles. The fraction of sp³-hybridized carbons (Fsp3) is 0.182. The van der Waals surface area contributed by atoms with Gasteiger partial charge < -0.3 is 14.2 Å². The molecular formula is C22H17Cl2N3O5S. The first-order valence-electron chi connectivity index (χ1n) is 9.53. The second-order valence-electron chi connectivity index (χ2n) is 6.85. The summed E-state index contributed by atoms with van der Waals surface area (Å²) in [5.74, 6) is 1.38. The van der Waals surface area contributed by atoms with Crippen LogP contribution in [-0.2, 0) is 6.42 Å². The Morgan fingerprint density at radius 2 is 1.79 bits per heavy atom. The van der Waals surface area contributed by atoms with Gasteiger partial charge in [0.25, 0.3) is 11.1 Å². The van der Waals surface area contributed by atoms with Crippen molar-refractivity contribution in [2.24, 2.45) is 0 Å². The van der Waals surface area contributed by atoms with Crippen LogP contribution in [-0.4, -0.2) is 35.9 Å². The Kier molecular flexibility index (Phi) is 6.55. The van der Waals surface area contributed by atoms with Gasteiger partial charge in [-0.25, -0.2) is 4.40 Å². The molecule has 0 unspecified atom stereocenters. The molecule has 0 saturated carbocycles. The van der Waals surface area contributed by atoms with Crippen LogP contribution in [0.25, 0.3) is 11.0 Å². The highest BCUT2D eigenvalue weighted by molar-refractivity contribution is 7.15. The molecule has 8 nitrogen and oxygen atoms in total. The third kappa shape index (κ3) is 4.39. The van der Waals surface area contributed by atoms with Gasteiger partial charge in [0.05, 0.1) is 25.9 Å². The highest BCUT2D eigenvalue weighted by atomic mass is 35.5. The molecule has 0 fully saturated rings. The Hall–Kier alpha value is -3.14. The number of hydrogen-bond donors (Lipinski definition) is 0. The summed E-state index contributed by atoms with van der Waals surface area (Å²) in [5, 5.41) is 8.99. The Morgan fingerprint density at radius 3 is 2.45 bits per heavy atom. The van der Waals surface area contributed by atoms with Gasteiger partial charge in [-0.05, 0) is 29.8 Å². The van der Waals surface area contributed by atoms with Crippen LogP contribution in [0.4, 0.5) is 0 Å². The van der Waals surface area contributed by atoms with E-state index in [1.54, 1.807) is 36.4 Å². The number of benzene rings is 2. The summed E-state index contributed by atoms with van der Waals surface area (Å²) in [6.45, 7) is 0. The fourth-order valence-corrected chi connectivity index (χ4v) is 4.66. The minimum Gasteiger partial charge on any atom is -0.497 e. The van der Waals surface area contributed by atoms with E-state index in [2.05, 4.69) is 10.2 Å². The molecule has 4 aromatic rings. The number of thiazole rings is 1. The van der Waals surface area contributed by atoms with Crippen LogP contribution >= 0.6 is 34.5 Å². The van der Waals surface area contributed by atoms with E-state index in [0.29, 0.717) is 38.4 Å². The number of nitrogens with zero attached hydrogens (tertiary/aromatic N) is 3. The highest BCUT2D eigenvalue weighted by Gasteiger charge is 2.16. The smallest absolute Gasteiger partial charge is 0.283 e. The van der Waals surface area contributed by atoms with Gasteiger partial charge in [0.15, 0.2) is 11.5 Å². The minimum atomic E-state index is -0.554. The maximum atomic E-state index is 13.1. The first-order valence-corrected chi connectivity index (χ1v) is 11.1. The van der Waals surface area contributed by atoms with Gasteiger partial charge in [-0.3, -0.25) is 9.59 Å². The Labute approximate surface area is 201 Å². The van der Waals surface area contributed by atoms with Gasteiger partial charge in [-0.1, -0.05) is 40.6 Å². The van der Waals surface area contributed by atoms with Gasteiger partial charge in [0.2, 0.25) is 4.96 Å². The number of rotatable bonds is 6. The number of halogens is 2. The van der Waals surface area contributed by atoms with Crippen molar-refractivity contribution in [3.63, 3.8) is 0 Å². The molecule has 0 aliphatic rings. The van der Waals surface area contributed by atoms with E-state index in [0.717, 1.165) is 15.7 Å². The van der Waals surface area contributed by atoms with Crippen molar-refractivity contribution < 1.29 is 14.2 Å². The van der Waals surface area contributed by atoms with Crippen LogP contribution in [0.5, 0.6) is 17.2 Å². The zero-order chi connectivity index (χ0) is 23.7. The van der Waals surface area contributed by atoms with Crippen LogP contribution < -0.4 is 29.9 Å². The monoisotopic (exact) mass is 505 g/mol. The van der Waals surface area contributed by atoms with Gasteiger partial charge in [0.1, 0.15) is 11.4 Å². The summed E-state index contributed by atoms with van der Waals surface area (Å²) in [6.07, 6.45) is 1.71. The predicted octanol–water partition coefficient (Wildman–Crippen LogP) is 2.98. The van der Waals surface area contributed by atoms with Crippen molar-refractivity contribution >= 4 is 45.6 Å². The second-order valence-corrected chi connectivity index (χ2v) is 8.70. The molecule has 0 amide bonds. The SMILES string of the molecule is COc1cc(/C=c2\sc3nnc(Cc4ccc(Cl)cc4Cl)c(=O)n3c2=O)c(OC)c(OC)c1. The number of methoxy groups -OCH3 is 3. The van der Waals surface area contributed by atoms with Gasteiger partial charge in [-0.2, -0.15) is 0 Å². The Bertz CT molecular complexity index is 1530. The van der Waals surface area contributed by atoms with Gasteiger partial charge >= 0.3 is 0 Å². The number of fused-ring (bicyclic) bond motifs is 1. The molecule has 2 heterocycles. The molecule has 0 spiro atoms. The quantitative estimate of drug-likeness (QED) is 0.397. The van der Waals surface area contributed by atoms with Crippen LogP contribution in [0.15, 0.2) is 39.9 Å². The zero-order valence-corrected chi connectivity index (χ0v) is 20.0. The average Bonchev–Trinajstić information content (AvgIpc) is 3.12. The lowest BCUT2D eigenvalue weighted by atomic mass is 10.1. The molecule has 0 atom stereocenters. The molecule has 0 aliphatic heterocycles. The second kappa shape index (κ2) is 9.38. The third-order valence-electron chi connectivity index (χ3n) is 4.89. The lowest BCUT2D eigenvalue weighted by molar-refractivity contribution is 0.348. The van der Waals surface area contributed by atoms with Gasteiger partial charge in [0, 0.05) is 28.1 Å². The molecule has 170 valence electrons. The molecular weight excluding hydrogens is 489 g/mol. The Morgan fingerprint density at radius 1 is 1.00 bits per heavy atom. The molecule has 11 heteroatoms. The lowest BCUT2D eigenvalue weighted by Gasteiger charge is -2.12. The normalized spacial score (nSPS) is 11.7. The van der Waals surface area contributed by atoms with E-state index in [1.165, 1.54) is 21.3 Å². The number of hydrogen-bond acceptors (Lipinski definition) is 8. The van der Waals surface area contributed by atoms with Crippen molar-refractivity contribution in [2.45, 2.75) is 6.42 Å². The minimum absolute atomic E-state index is 0.0961. The maximum Gasteiger partial charge on any atom is 0.283 e. The van der Waals surface area contributed by atoms with Crippen LogP contribution in [0.3, 0.4) is 0 Å². The summed E-state index contributed by atoms with van der Waals surface area (Å²) in [4.78, 5) is 26.3. The van der Waals surface area contributed by atoms with Crippen LogP contribution in [0, 0.1) is 0 Å². The molecule has 0 radical (unpaired) electrons. The highest BCUT2D eigenvalue weighted by Crippen LogP contribution is 2.36. The maximum absolute atomic E-state index is 13.1. The molecule has 0 aliphatic carbocycles. The molecule has 2 aromatic carbocycles. The Balaban J connectivity index is 1.86. The summed E-state index contributed by atoms with van der Waals surface area (Å²) in [7, 11) is 4.52. The van der Waals surface area contributed by atoms with Crippen LogP contribution in [0.1, 0.15) is 16.8 Å². The third-order valence-corrected chi connectivity index (χ3v) is 6.44. The van der Waals surface area contributed by atoms with E-state index < -0.39 is 11.1 Å². The summed E-state index contributed by atoms with van der Waals surface area (Å²) in [5.41, 5.74) is 0.227. The molecule has 4 rings (SSSR count). The van der Waals surface area contributed by atoms with Crippen molar-refractivity contribution in [3.8, 4) is 17.2 Å². The van der Waals surface area contributed by atoms with E-state index >= 15 is 0 Å². The average molecular weight is 506 g/mol. The number of ether oxygens (including phenoxy) is 3. The van der Waals surface area contributed by atoms with Crippen molar-refractivity contribution in [3.05, 3.63) is 82.4 Å². The van der Waals surface area contributed by atoms with E-state index in [-0.39, 0.29) is 21.6 Å². The molecule has 33 heavy (non-hydrogen) atoms. The van der Waals surface area contributed by atoms with E-state index in [4.69, 9.17) is 37.4 Å².